The maximum atomic E-state index is 12.2. The van der Waals surface area contributed by atoms with Gasteiger partial charge in [-0.15, -0.1) is 0 Å². The highest BCUT2D eigenvalue weighted by Gasteiger charge is 2.23. The molecule has 23 heavy (non-hydrogen) atoms. The molecule has 3 rings (SSSR count). The first-order chi connectivity index (χ1) is 11.2. The van der Waals surface area contributed by atoms with Crippen LogP contribution in [0, 0.1) is 0 Å². The summed E-state index contributed by atoms with van der Waals surface area (Å²) in [5.41, 5.74) is 2.22. The molecule has 2 heterocycles. The number of carbonyl (C=O) groups excluding carboxylic acids is 1. The predicted octanol–water partition coefficient (Wildman–Crippen LogP) is 1.26. The monoisotopic (exact) mass is 315 g/mol. The molecule has 0 spiro atoms. The van der Waals surface area contributed by atoms with Gasteiger partial charge in [0.15, 0.2) is 0 Å². The first-order valence-electron chi connectivity index (χ1n) is 7.75. The number of hydrogen-bond donors (Lipinski definition) is 1. The zero-order valence-electron chi connectivity index (χ0n) is 13.2. The maximum Gasteiger partial charge on any atom is 0.318 e. The van der Waals surface area contributed by atoms with Gasteiger partial charge in [-0.25, -0.2) is 14.5 Å². The summed E-state index contributed by atoms with van der Waals surface area (Å²) in [6.45, 7) is 5.06. The lowest BCUT2D eigenvalue weighted by atomic mass is 10.1. The van der Waals surface area contributed by atoms with E-state index in [4.69, 9.17) is 4.74 Å². The number of nitrogens with zero attached hydrogens (tertiary/aromatic N) is 4. The quantitative estimate of drug-likeness (QED) is 0.922. The normalized spacial score (nSPS) is 18.0. The smallest absolute Gasteiger partial charge is 0.318 e. The summed E-state index contributed by atoms with van der Waals surface area (Å²) >= 11 is 0. The molecule has 1 saturated heterocycles. The van der Waals surface area contributed by atoms with E-state index >= 15 is 0 Å². The predicted molar refractivity (Wildman–Crippen MR) is 84.8 cm³/mol. The average Bonchev–Trinajstić information content (AvgIpc) is 3.07. The number of ether oxygens (including phenoxy) is 1. The Morgan fingerprint density at radius 2 is 2.13 bits per heavy atom. The largest absolute Gasteiger partial charge is 0.377 e. The van der Waals surface area contributed by atoms with Gasteiger partial charge in [0.1, 0.15) is 12.7 Å². The number of benzene rings is 1. The van der Waals surface area contributed by atoms with Crippen LogP contribution >= 0.6 is 0 Å². The number of morpholine rings is 1. The van der Waals surface area contributed by atoms with Gasteiger partial charge in [0, 0.05) is 13.1 Å². The molecule has 2 amide bonds. The molecule has 1 fully saturated rings. The summed E-state index contributed by atoms with van der Waals surface area (Å²) in [5.74, 6) is 0. The van der Waals surface area contributed by atoms with Crippen molar-refractivity contribution in [3.63, 3.8) is 0 Å². The van der Waals surface area contributed by atoms with Gasteiger partial charge in [0.2, 0.25) is 0 Å². The minimum atomic E-state index is -0.0347. The summed E-state index contributed by atoms with van der Waals surface area (Å²) in [4.78, 5) is 17.9. The fourth-order valence-corrected chi connectivity index (χ4v) is 2.57. The molecule has 0 saturated carbocycles. The highest BCUT2D eigenvalue weighted by molar-refractivity contribution is 5.74. The van der Waals surface area contributed by atoms with E-state index in [-0.39, 0.29) is 12.1 Å². The van der Waals surface area contributed by atoms with Gasteiger partial charge in [-0.05, 0) is 18.1 Å². The van der Waals surface area contributed by atoms with Crippen LogP contribution < -0.4 is 5.32 Å². The average molecular weight is 315 g/mol. The minimum Gasteiger partial charge on any atom is -0.377 e. The van der Waals surface area contributed by atoms with Crippen molar-refractivity contribution in [2.45, 2.75) is 26.1 Å². The van der Waals surface area contributed by atoms with Gasteiger partial charge in [0.25, 0.3) is 0 Å². The second-order valence-electron chi connectivity index (χ2n) is 5.69. The molecule has 1 aliphatic heterocycles. The molecular weight excluding hydrogens is 294 g/mol. The zero-order valence-corrected chi connectivity index (χ0v) is 13.2. The molecule has 1 N–H and O–H groups in total. The van der Waals surface area contributed by atoms with Crippen molar-refractivity contribution in [1.82, 2.24) is 25.0 Å². The lowest BCUT2D eigenvalue weighted by Crippen LogP contribution is -2.51. The maximum absolute atomic E-state index is 12.2. The highest BCUT2D eigenvalue weighted by atomic mass is 16.5. The van der Waals surface area contributed by atoms with Crippen LogP contribution in [0.2, 0.25) is 0 Å². The molecule has 7 nitrogen and oxygen atoms in total. The van der Waals surface area contributed by atoms with Crippen molar-refractivity contribution >= 4 is 6.03 Å². The standard InChI is InChI=1S/C16H21N5O2/c1-13-10-23-7-6-21(13)16(22)18-8-14-2-4-15(5-3-14)9-20-12-17-11-19-20/h2-5,11-13H,6-10H2,1H3,(H,18,22). The van der Waals surface area contributed by atoms with Crippen molar-refractivity contribution < 1.29 is 9.53 Å². The molecule has 1 atom stereocenters. The Labute approximate surface area is 135 Å². The van der Waals surface area contributed by atoms with Crippen LogP contribution in [0.3, 0.4) is 0 Å². The molecule has 1 unspecified atom stereocenters. The number of rotatable bonds is 4. The van der Waals surface area contributed by atoms with E-state index in [2.05, 4.69) is 15.4 Å². The number of hydrogen-bond acceptors (Lipinski definition) is 4. The van der Waals surface area contributed by atoms with Gasteiger partial charge < -0.3 is 15.0 Å². The fraction of sp³-hybridized carbons (Fsp3) is 0.438. The zero-order chi connectivity index (χ0) is 16.1. The Morgan fingerprint density at radius 3 is 2.83 bits per heavy atom. The second-order valence-corrected chi connectivity index (χ2v) is 5.69. The highest BCUT2D eigenvalue weighted by Crippen LogP contribution is 2.08. The number of aromatic nitrogens is 3. The SMILES string of the molecule is CC1COCCN1C(=O)NCc1ccc(Cn2cncn2)cc1. The van der Waals surface area contributed by atoms with E-state index in [9.17, 15) is 4.79 Å². The molecule has 1 aromatic heterocycles. The van der Waals surface area contributed by atoms with Crippen LogP contribution in [0.1, 0.15) is 18.1 Å². The summed E-state index contributed by atoms with van der Waals surface area (Å²) in [7, 11) is 0. The summed E-state index contributed by atoms with van der Waals surface area (Å²) in [6, 6.07) is 8.22. The lowest BCUT2D eigenvalue weighted by Gasteiger charge is -2.33. The van der Waals surface area contributed by atoms with Crippen molar-refractivity contribution in [3.05, 3.63) is 48.0 Å². The number of amides is 2. The van der Waals surface area contributed by atoms with Gasteiger partial charge in [-0.2, -0.15) is 5.10 Å². The second kappa shape index (κ2) is 7.23. The lowest BCUT2D eigenvalue weighted by molar-refractivity contribution is 0.0190. The van der Waals surface area contributed by atoms with Crippen molar-refractivity contribution in [3.8, 4) is 0 Å². The van der Waals surface area contributed by atoms with E-state index in [0.717, 1.165) is 11.1 Å². The van der Waals surface area contributed by atoms with Crippen LogP contribution in [0.15, 0.2) is 36.9 Å². The summed E-state index contributed by atoms with van der Waals surface area (Å²) in [5, 5.41) is 7.05. The number of carbonyl (C=O) groups is 1. The van der Waals surface area contributed by atoms with Crippen LogP contribution in [-0.4, -0.2) is 51.5 Å². The topological polar surface area (TPSA) is 72.3 Å². The summed E-state index contributed by atoms with van der Waals surface area (Å²) in [6.07, 6.45) is 3.22. The van der Waals surface area contributed by atoms with Crippen LogP contribution in [0.25, 0.3) is 0 Å². The van der Waals surface area contributed by atoms with E-state index in [1.165, 1.54) is 6.33 Å². The van der Waals surface area contributed by atoms with Gasteiger partial charge in [-0.1, -0.05) is 24.3 Å². The van der Waals surface area contributed by atoms with Gasteiger partial charge >= 0.3 is 6.03 Å². The molecule has 122 valence electrons. The first kappa shape index (κ1) is 15.5. The van der Waals surface area contributed by atoms with Crippen molar-refractivity contribution in [1.29, 1.82) is 0 Å². The summed E-state index contributed by atoms with van der Waals surface area (Å²) < 4.78 is 7.12. The van der Waals surface area contributed by atoms with E-state index in [1.54, 1.807) is 11.0 Å². The Kier molecular flexibility index (Phi) is 4.87. The van der Waals surface area contributed by atoms with Crippen LogP contribution in [0.4, 0.5) is 4.79 Å². The van der Waals surface area contributed by atoms with Crippen LogP contribution in [0.5, 0.6) is 0 Å². The van der Waals surface area contributed by atoms with Crippen molar-refractivity contribution in [2.75, 3.05) is 19.8 Å². The molecular formula is C16H21N5O2. The van der Waals surface area contributed by atoms with E-state index in [0.29, 0.717) is 32.8 Å². The Bertz CT molecular complexity index is 626. The molecule has 7 heteroatoms. The third-order valence-electron chi connectivity index (χ3n) is 3.91. The molecule has 0 radical (unpaired) electrons. The first-order valence-corrected chi connectivity index (χ1v) is 7.75. The van der Waals surface area contributed by atoms with Gasteiger partial charge in [0.05, 0.1) is 25.8 Å². The van der Waals surface area contributed by atoms with Gasteiger partial charge in [-0.3, -0.25) is 0 Å². The third kappa shape index (κ3) is 4.07. The van der Waals surface area contributed by atoms with Crippen LogP contribution in [-0.2, 0) is 17.8 Å². The molecule has 0 aliphatic carbocycles. The molecule has 1 aromatic carbocycles. The van der Waals surface area contributed by atoms with E-state index < -0.39 is 0 Å². The Morgan fingerprint density at radius 1 is 1.35 bits per heavy atom. The Hall–Kier alpha value is -2.41. The third-order valence-corrected chi connectivity index (χ3v) is 3.91. The minimum absolute atomic E-state index is 0.0347. The Balaban J connectivity index is 1.51. The molecule has 0 bridgehead atoms. The van der Waals surface area contributed by atoms with Crippen molar-refractivity contribution in [2.24, 2.45) is 0 Å². The molecule has 2 aromatic rings. The number of nitrogens with one attached hydrogen (secondary N) is 1. The fourth-order valence-electron chi connectivity index (χ4n) is 2.57. The number of urea groups is 1. The van der Waals surface area contributed by atoms with E-state index in [1.807, 2.05) is 36.1 Å². The molecule has 1 aliphatic rings.